The lowest BCUT2D eigenvalue weighted by atomic mass is 10.0. The number of nitrogens with zero attached hydrogens (tertiary/aromatic N) is 2. The number of nitrogens with one attached hydrogen (secondary N) is 1. The lowest BCUT2D eigenvalue weighted by Crippen LogP contribution is -2.45. The van der Waals surface area contributed by atoms with Gasteiger partial charge in [0, 0.05) is 51.1 Å². The maximum Gasteiger partial charge on any atom is 0.123 e. The molecule has 0 aromatic heterocycles. The second kappa shape index (κ2) is 7.60. The summed E-state index contributed by atoms with van der Waals surface area (Å²) in [5.74, 6) is 0.425. The Kier molecular flexibility index (Phi) is 5.51. The molecule has 3 rings (SSSR count). The molecule has 2 fully saturated rings. The van der Waals surface area contributed by atoms with Crippen LogP contribution in [0.4, 0.5) is 10.1 Å². The molecule has 0 saturated carbocycles. The first-order chi connectivity index (χ1) is 11.1. The first-order valence-electron chi connectivity index (χ1n) is 8.67. The average molecular weight is 321 g/mol. The largest absolute Gasteiger partial charge is 0.381 e. The molecule has 2 heterocycles. The van der Waals surface area contributed by atoms with Crippen molar-refractivity contribution >= 4 is 5.69 Å². The standard InChI is InChI=1S/C18H28FN3O/c1-14(20-12-15-5-10-23-13-15)17-11-16(19)3-4-18(17)22-8-6-21(2)7-9-22/h3-4,11,14-15,20H,5-10,12-13H2,1-2H3/t14-,15-/m1/s1. The summed E-state index contributed by atoms with van der Waals surface area (Å²) in [5.41, 5.74) is 2.23. The Morgan fingerprint density at radius 2 is 2.09 bits per heavy atom. The second-order valence-corrected chi connectivity index (χ2v) is 6.85. The highest BCUT2D eigenvalue weighted by atomic mass is 19.1. The Hall–Kier alpha value is -1.17. The van der Waals surface area contributed by atoms with Crippen LogP contribution >= 0.6 is 0 Å². The van der Waals surface area contributed by atoms with Crippen LogP contribution in [0.15, 0.2) is 18.2 Å². The molecule has 5 heteroatoms. The number of likely N-dealkylation sites (N-methyl/N-ethyl adjacent to an activating group) is 1. The van der Waals surface area contributed by atoms with E-state index in [2.05, 4.69) is 29.1 Å². The predicted molar refractivity (Wildman–Crippen MR) is 91.5 cm³/mol. The van der Waals surface area contributed by atoms with E-state index in [-0.39, 0.29) is 11.9 Å². The summed E-state index contributed by atoms with van der Waals surface area (Å²) in [5, 5.41) is 3.57. The number of benzene rings is 1. The van der Waals surface area contributed by atoms with E-state index in [1.807, 2.05) is 6.07 Å². The summed E-state index contributed by atoms with van der Waals surface area (Å²) >= 11 is 0. The van der Waals surface area contributed by atoms with Gasteiger partial charge in [0.25, 0.3) is 0 Å². The number of ether oxygens (including phenoxy) is 1. The van der Waals surface area contributed by atoms with E-state index >= 15 is 0 Å². The molecular weight excluding hydrogens is 293 g/mol. The number of hydrogen-bond acceptors (Lipinski definition) is 4. The van der Waals surface area contributed by atoms with E-state index in [1.165, 1.54) is 5.69 Å². The Morgan fingerprint density at radius 3 is 2.78 bits per heavy atom. The van der Waals surface area contributed by atoms with E-state index in [1.54, 1.807) is 12.1 Å². The normalized spacial score (nSPS) is 24.1. The van der Waals surface area contributed by atoms with Crippen molar-refractivity contribution in [3.8, 4) is 0 Å². The third kappa shape index (κ3) is 4.22. The van der Waals surface area contributed by atoms with Gasteiger partial charge in [-0.05, 0) is 50.1 Å². The van der Waals surface area contributed by atoms with Crippen molar-refractivity contribution in [2.75, 3.05) is 57.9 Å². The average Bonchev–Trinajstić information content (AvgIpc) is 3.07. The zero-order valence-corrected chi connectivity index (χ0v) is 14.2. The minimum Gasteiger partial charge on any atom is -0.381 e. The molecule has 0 spiro atoms. The van der Waals surface area contributed by atoms with Crippen LogP contribution in [0.3, 0.4) is 0 Å². The smallest absolute Gasteiger partial charge is 0.123 e. The highest BCUT2D eigenvalue weighted by Crippen LogP contribution is 2.28. The van der Waals surface area contributed by atoms with Gasteiger partial charge in [-0.15, -0.1) is 0 Å². The van der Waals surface area contributed by atoms with Crippen molar-refractivity contribution in [3.63, 3.8) is 0 Å². The zero-order chi connectivity index (χ0) is 16.2. The Morgan fingerprint density at radius 1 is 1.30 bits per heavy atom. The molecule has 0 unspecified atom stereocenters. The van der Waals surface area contributed by atoms with E-state index in [9.17, 15) is 4.39 Å². The fourth-order valence-electron chi connectivity index (χ4n) is 3.41. The van der Waals surface area contributed by atoms with Crippen molar-refractivity contribution in [2.24, 2.45) is 5.92 Å². The lowest BCUT2D eigenvalue weighted by molar-refractivity contribution is 0.184. The van der Waals surface area contributed by atoms with Gasteiger partial charge in [0.15, 0.2) is 0 Å². The first kappa shape index (κ1) is 16.7. The van der Waals surface area contributed by atoms with Gasteiger partial charge in [-0.25, -0.2) is 4.39 Å². The minimum atomic E-state index is -0.157. The molecule has 1 N–H and O–H groups in total. The van der Waals surface area contributed by atoms with Crippen molar-refractivity contribution in [2.45, 2.75) is 19.4 Å². The third-order valence-electron chi connectivity index (χ3n) is 5.04. The zero-order valence-electron chi connectivity index (χ0n) is 14.2. The first-order valence-corrected chi connectivity index (χ1v) is 8.67. The van der Waals surface area contributed by atoms with Crippen LogP contribution in [0.1, 0.15) is 24.9 Å². The highest BCUT2D eigenvalue weighted by molar-refractivity contribution is 5.55. The van der Waals surface area contributed by atoms with Gasteiger partial charge < -0.3 is 19.9 Å². The molecule has 4 nitrogen and oxygen atoms in total. The minimum absolute atomic E-state index is 0.140. The van der Waals surface area contributed by atoms with Gasteiger partial charge in [0.2, 0.25) is 0 Å². The van der Waals surface area contributed by atoms with E-state index in [0.29, 0.717) is 5.92 Å². The number of anilines is 1. The van der Waals surface area contributed by atoms with E-state index in [0.717, 1.165) is 57.9 Å². The molecule has 2 atom stereocenters. The van der Waals surface area contributed by atoms with Gasteiger partial charge in [-0.1, -0.05) is 0 Å². The highest BCUT2D eigenvalue weighted by Gasteiger charge is 2.21. The molecular formula is C18H28FN3O. The molecule has 128 valence electrons. The maximum atomic E-state index is 13.8. The Labute approximate surface area is 138 Å². The third-order valence-corrected chi connectivity index (χ3v) is 5.04. The van der Waals surface area contributed by atoms with Crippen LogP contribution in [0, 0.1) is 11.7 Å². The maximum absolute atomic E-state index is 13.8. The van der Waals surface area contributed by atoms with Crippen molar-refractivity contribution < 1.29 is 9.13 Å². The molecule has 1 aromatic rings. The van der Waals surface area contributed by atoms with Crippen molar-refractivity contribution in [3.05, 3.63) is 29.6 Å². The molecule has 0 aliphatic carbocycles. The number of hydrogen-bond donors (Lipinski definition) is 1. The molecule has 0 amide bonds. The van der Waals surface area contributed by atoms with Crippen LogP contribution in [0.5, 0.6) is 0 Å². The Balaban J connectivity index is 1.70. The van der Waals surface area contributed by atoms with Crippen LogP contribution < -0.4 is 10.2 Å². The van der Waals surface area contributed by atoms with E-state index < -0.39 is 0 Å². The summed E-state index contributed by atoms with van der Waals surface area (Å²) < 4.78 is 19.2. The topological polar surface area (TPSA) is 27.7 Å². The van der Waals surface area contributed by atoms with Crippen LogP contribution in [-0.4, -0.2) is 57.9 Å². The number of halogens is 1. The molecule has 23 heavy (non-hydrogen) atoms. The SMILES string of the molecule is C[C@@H](NC[C@H]1CCOC1)c1cc(F)ccc1N1CCN(C)CC1. The molecule has 0 radical (unpaired) electrons. The van der Waals surface area contributed by atoms with Crippen LogP contribution in [-0.2, 0) is 4.74 Å². The molecule has 0 bridgehead atoms. The van der Waals surface area contributed by atoms with Gasteiger partial charge in [0.05, 0.1) is 6.61 Å². The second-order valence-electron chi connectivity index (χ2n) is 6.85. The summed E-state index contributed by atoms with van der Waals surface area (Å²) in [6, 6.07) is 5.35. The van der Waals surface area contributed by atoms with Crippen molar-refractivity contribution in [1.29, 1.82) is 0 Å². The van der Waals surface area contributed by atoms with Gasteiger partial charge >= 0.3 is 0 Å². The summed E-state index contributed by atoms with van der Waals surface area (Å²) in [4.78, 5) is 4.72. The number of rotatable bonds is 5. The molecule has 2 aliphatic rings. The molecule has 2 saturated heterocycles. The lowest BCUT2D eigenvalue weighted by Gasteiger charge is -2.36. The van der Waals surface area contributed by atoms with Crippen molar-refractivity contribution in [1.82, 2.24) is 10.2 Å². The van der Waals surface area contributed by atoms with Gasteiger partial charge in [-0.3, -0.25) is 0 Å². The molecule has 1 aromatic carbocycles. The monoisotopic (exact) mass is 321 g/mol. The van der Waals surface area contributed by atoms with Gasteiger partial charge in [-0.2, -0.15) is 0 Å². The number of piperazine rings is 1. The van der Waals surface area contributed by atoms with E-state index in [4.69, 9.17) is 4.74 Å². The summed E-state index contributed by atoms with van der Waals surface area (Å²) in [6.07, 6.45) is 1.12. The fourth-order valence-corrected chi connectivity index (χ4v) is 3.41. The van der Waals surface area contributed by atoms with Crippen LogP contribution in [0.25, 0.3) is 0 Å². The molecule has 2 aliphatic heterocycles. The van der Waals surface area contributed by atoms with Gasteiger partial charge in [0.1, 0.15) is 5.82 Å². The quantitative estimate of drug-likeness (QED) is 0.900. The summed E-state index contributed by atoms with van der Waals surface area (Å²) in [6.45, 7) is 8.87. The summed E-state index contributed by atoms with van der Waals surface area (Å²) in [7, 11) is 2.15. The van der Waals surface area contributed by atoms with Crippen LogP contribution in [0.2, 0.25) is 0 Å². The Bertz CT molecular complexity index is 511. The predicted octanol–water partition coefficient (Wildman–Crippen LogP) is 2.26. The fraction of sp³-hybridized carbons (Fsp3) is 0.667.